The fourth-order valence-corrected chi connectivity index (χ4v) is 1.18. The lowest BCUT2D eigenvalue weighted by Gasteiger charge is -2.11. The summed E-state index contributed by atoms with van der Waals surface area (Å²) in [6.07, 6.45) is -7.70. The van der Waals surface area contributed by atoms with E-state index in [-0.39, 0.29) is 5.56 Å². The molecule has 0 fully saturated rings. The topological polar surface area (TPSA) is 0 Å². The van der Waals surface area contributed by atoms with Crippen molar-refractivity contribution >= 4 is 22.6 Å². The number of rotatable bonds is 1. The minimum Gasteiger partial charge on any atom is -0.232 e. The molecule has 0 nitrogen and oxygen atoms in total. The van der Waals surface area contributed by atoms with Crippen LogP contribution in [-0.2, 0) is 0 Å². The summed E-state index contributed by atoms with van der Waals surface area (Å²) >= 11 is 1.94. The van der Waals surface area contributed by atoms with Crippen molar-refractivity contribution in [3.8, 4) is 0 Å². The highest BCUT2D eigenvalue weighted by atomic mass is 127. The largest absolute Gasteiger partial charge is 0.423 e. The van der Waals surface area contributed by atoms with Gasteiger partial charge in [0.25, 0.3) is 0 Å². The molecule has 0 radical (unpaired) electrons. The molecule has 0 saturated heterocycles. The van der Waals surface area contributed by atoms with E-state index in [1.807, 2.05) is 22.6 Å². The third kappa shape index (κ3) is 2.82. The molecule has 13 heavy (non-hydrogen) atoms. The van der Waals surface area contributed by atoms with Gasteiger partial charge < -0.3 is 0 Å². The Labute approximate surface area is 86.1 Å². The number of benzene rings is 1. The normalized spacial score (nSPS) is 14.2. The van der Waals surface area contributed by atoms with E-state index in [1.165, 1.54) is 12.1 Å². The Bertz CT molecular complexity index is 277. The zero-order valence-electron chi connectivity index (χ0n) is 6.28. The fourth-order valence-electron chi connectivity index (χ4n) is 0.821. The molecule has 0 saturated carbocycles. The molecule has 1 atom stereocenters. The van der Waals surface area contributed by atoms with E-state index in [4.69, 9.17) is 0 Å². The minimum atomic E-state index is -4.81. The van der Waals surface area contributed by atoms with Crippen molar-refractivity contribution in [1.82, 2.24) is 0 Å². The van der Waals surface area contributed by atoms with Crippen LogP contribution in [0.15, 0.2) is 24.3 Å². The molecular weight excluding hydrogens is 299 g/mol. The smallest absolute Gasteiger partial charge is 0.232 e. The SMILES string of the molecule is FC(c1ccc(I)cc1)C(F)(F)F. The van der Waals surface area contributed by atoms with Crippen molar-refractivity contribution in [2.45, 2.75) is 12.3 Å². The second kappa shape index (κ2) is 3.81. The Morgan fingerprint density at radius 2 is 1.54 bits per heavy atom. The van der Waals surface area contributed by atoms with Crippen LogP contribution in [0.3, 0.4) is 0 Å². The van der Waals surface area contributed by atoms with Gasteiger partial charge in [0.1, 0.15) is 0 Å². The second-order valence-electron chi connectivity index (χ2n) is 2.46. The zero-order chi connectivity index (χ0) is 10.1. The molecule has 0 heterocycles. The van der Waals surface area contributed by atoms with Gasteiger partial charge in [-0.25, -0.2) is 4.39 Å². The van der Waals surface area contributed by atoms with Crippen molar-refractivity contribution in [2.24, 2.45) is 0 Å². The molecule has 1 aromatic rings. The van der Waals surface area contributed by atoms with Gasteiger partial charge in [-0.1, -0.05) is 12.1 Å². The molecule has 5 heteroatoms. The maximum Gasteiger partial charge on any atom is 0.423 e. The highest BCUT2D eigenvalue weighted by Gasteiger charge is 2.41. The van der Waals surface area contributed by atoms with Crippen LogP contribution < -0.4 is 0 Å². The molecule has 0 spiro atoms. The summed E-state index contributed by atoms with van der Waals surface area (Å²) in [7, 11) is 0. The third-order valence-corrected chi connectivity index (χ3v) is 2.17. The maximum absolute atomic E-state index is 12.6. The summed E-state index contributed by atoms with van der Waals surface area (Å²) in [6, 6.07) is 5.16. The van der Waals surface area contributed by atoms with Crippen molar-refractivity contribution in [1.29, 1.82) is 0 Å². The fraction of sp³-hybridized carbons (Fsp3) is 0.250. The number of hydrogen-bond acceptors (Lipinski definition) is 0. The van der Waals surface area contributed by atoms with Crippen molar-refractivity contribution in [3.63, 3.8) is 0 Å². The molecule has 0 N–H and O–H groups in total. The van der Waals surface area contributed by atoms with Gasteiger partial charge in [-0.2, -0.15) is 13.2 Å². The average Bonchev–Trinajstić information content (AvgIpc) is 2.03. The van der Waals surface area contributed by atoms with Crippen LogP contribution in [0.1, 0.15) is 11.7 Å². The summed E-state index contributed by atoms with van der Waals surface area (Å²) < 4.78 is 49.0. The first-order valence-electron chi connectivity index (χ1n) is 3.37. The average molecular weight is 304 g/mol. The predicted octanol–water partition coefficient (Wildman–Crippen LogP) is 3.86. The quantitative estimate of drug-likeness (QED) is 0.546. The summed E-state index contributed by atoms with van der Waals surface area (Å²) in [6.45, 7) is 0. The van der Waals surface area contributed by atoms with Gasteiger partial charge in [0.15, 0.2) is 0 Å². The Morgan fingerprint density at radius 1 is 1.08 bits per heavy atom. The van der Waals surface area contributed by atoms with Gasteiger partial charge in [-0.3, -0.25) is 0 Å². The lowest BCUT2D eigenvalue weighted by molar-refractivity contribution is -0.182. The Hall–Kier alpha value is -0.330. The first-order valence-corrected chi connectivity index (χ1v) is 4.45. The molecule has 1 aromatic carbocycles. The van der Waals surface area contributed by atoms with E-state index < -0.39 is 12.3 Å². The van der Waals surface area contributed by atoms with Crippen LogP contribution in [0, 0.1) is 3.57 Å². The van der Waals surface area contributed by atoms with Gasteiger partial charge in [-0.05, 0) is 40.3 Å². The molecule has 72 valence electrons. The van der Waals surface area contributed by atoms with Crippen LogP contribution >= 0.6 is 22.6 Å². The third-order valence-electron chi connectivity index (χ3n) is 1.45. The molecule has 0 aromatic heterocycles. The van der Waals surface area contributed by atoms with E-state index in [0.29, 0.717) is 0 Å². The Kier molecular flexibility index (Phi) is 3.15. The zero-order valence-corrected chi connectivity index (χ0v) is 8.43. The van der Waals surface area contributed by atoms with Gasteiger partial charge >= 0.3 is 6.18 Å². The molecule has 1 rings (SSSR count). The molecule has 0 aliphatic heterocycles. The van der Waals surface area contributed by atoms with Gasteiger partial charge in [-0.15, -0.1) is 0 Å². The van der Waals surface area contributed by atoms with Gasteiger partial charge in [0.05, 0.1) is 0 Å². The van der Waals surface area contributed by atoms with Crippen LogP contribution in [0.2, 0.25) is 0 Å². The summed E-state index contributed by atoms with van der Waals surface area (Å²) in [4.78, 5) is 0. The van der Waals surface area contributed by atoms with E-state index in [0.717, 1.165) is 15.7 Å². The summed E-state index contributed by atoms with van der Waals surface area (Å²) in [5.74, 6) is 0. The highest BCUT2D eigenvalue weighted by Crippen LogP contribution is 2.35. The maximum atomic E-state index is 12.6. The van der Waals surface area contributed by atoms with E-state index in [1.54, 1.807) is 0 Å². The predicted molar refractivity (Wildman–Crippen MR) is 49.1 cm³/mol. The first kappa shape index (κ1) is 10.7. The van der Waals surface area contributed by atoms with Gasteiger partial charge in [0.2, 0.25) is 6.17 Å². The molecule has 0 bridgehead atoms. The second-order valence-corrected chi connectivity index (χ2v) is 3.70. The van der Waals surface area contributed by atoms with Crippen molar-refractivity contribution in [3.05, 3.63) is 33.4 Å². The van der Waals surface area contributed by atoms with Crippen LogP contribution in [0.5, 0.6) is 0 Å². The number of alkyl halides is 4. The molecule has 0 aliphatic rings. The summed E-state index contributed by atoms with van der Waals surface area (Å²) in [5, 5.41) is 0. The van der Waals surface area contributed by atoms with Gasteiger partial charge in [0, 0.05) is 3.57 Å². The van der Waals surface area contributed by atoms with E-state index >= 15 is 0 Å². The standard InChI is InChI=1S/C8H5F4I/c9-7(8(10,11)12)5-1-3-6(13)4-2-5/h1-4,7H. The van der Waals surface area contributed by atoms with Crippen LogP contribution in [-0.4, -0.2) is 6.18 Å². The monoisotopic (exact) mass is 304 g/mol. The lowest BCUT2D eigenvalue weighted by Crippen LogP contribution is -2.16. The van der Waals surface area contributed by atoms with Crippen LogP contribution in [0.25, 0.3) is 0 Å². The number of hydrogen-bond donors (Lipinski definition) is 0. The molecule has 1 unspecified atom stereocenters. The minimum absolute atomic E-state index is 0.354. The van der Waals surface area contributed by atoms with Crippen molar-refractivity contribution in [2.75, 3.05) is 0 Å². The molecule has 0 aliphatic carbocycles. The Morgan fingerprint density at radius 3 is 1.92 bits per heavy atom. The van der Waals surface area contributed by atoms with E-state index in [2.05, 4.69) is 0 Å². The molecular formula is C8H5F4I. The lowest BCUT2D eigenvalue weighted by atomic mass is 10.1. The van der Waals surface area contributed by atoms with Crippen LogP contribution in [0.4, 0.5) is 17.6 Å². The Balaban J connectivity index is 2.90. The van der Waals surface area contributed by atoms with Crippen molar-refractivity contribution < 1.29 is 17.6 Å². The molecule has 0 amide bonds. The number of halogens is 5. The summed E-state index contributed by atoms with van der Waals surface area (Å²) in [5.41, 5.74) is -0.354. The first-order chi connectivity index (χ1) is 5.91. The van der Waals surface area contributed by atoms with E-state index in [9.17, 15) is 17.6 Å². The highest BCUT2D eigenvalue weighted by molar-refractivity contribution is 14.1.